The minimum absolute atomic E-state index is 0.686. The highest BCUT2D eigenvalue weighted by Gasteiger charge is 2.24. The molecule has 1 aromatic carbocycles. The molecule has 0 aromatic heterocycles. The van der Waals surface area contributed by atoms with Gasteiger partial charge in [-0.05, 0) is 43.9 Å². The molecule has 3 rings (SSSR count). The maximum absolute atomic E-state index is 3.59. The van der Waals surface area contributed by atoms with Crippen LogP contribution in [0.1, 0.15) is 37.8 Å². The van der Waals surface area contributed by atoms with Gasteiger partial charge in [-0.1, -0.05) is 31.2 Å². The highest BCUT2D eigenvalue weighted by atomic mass is 32.2. The quantitative estimate of drug-likeness (QED) is 0.868. The summed E-state index contributed by atoms with van der Waals surface area (Å²) < 4.78 is 0. The van der Waals surface area contributed by atoms with Crippen molar-refractivity contribution >= 4 is 11.8 Å². The Morgan fingerprint density at radius 2 is 1.86 bits per heavy atom. The summed E-state index contributed by atoms with van der Waals surface area (Å²) >= 11 is 2.11. The van der Waals surface area contributed by atoms with E-state index in [1.165, 1.54) is 36.3 Å². The van der Waals surface area contributed by atoms with Crippen molar-refractivity contribution in [2.24, 2.45) is 0 Å². The normalized spacial score (nSPS) is 27.0. The van der Waals surface area contributed by atoms with Crippen LogP contribution in [0.15, 0.2) is 24.3 Å². The molecule has 1 N–H and O–H groups in total. The Balaban J connectivity index is 1.48. The van der Waals surface area contributed by atoms with Gasteiger partial charge in [0, 0.05) is 36.2 Å². The van der Waals surface area contributed by atoms with Crippen LogP contribution in [0, 0.1) is 0 Å². The first kappa shape index (κ1) is 15.4. The van der Waals surface area contributed by atoms with E-state index >= 15 is 0 Å². The smallest absolute Gasteiger partial charge is 0.0237 e. The summed E-state index contributed by atoms with van der Waals surface area (Å²) in [5.74, 6) is 1.27. The van der Waals surface area contributed by atoms with Gasteiger partial charge in [0.2, 0.25) is 0 Å². The molecule has 1 heterocycles. The van der Waals surface area contributed by atoms with Crippen LogP contribution in [-0.4, -0.2) is 41.1 Å². The van der Waals surface area contributed by atoms with Crippen molar-refractivity contribution in [3.63, 3.8) is 0 Å². The predicted octanol–water partition coefficient (Wildman–Crippen LogP) is 3.31. The summed E-state index contributed by atoms with van der Waals surface area (Å²) in [6, 6.07) is 10.8. The van der Waals surface area contributed by atoms with E-state index in [1.54, 1.807) is 0 Å². The van der Waals surface area contributed by atoms with E-state index in [1.807, 2.05) is 0 Å². The minimum atomic E-state index is 0.686. The van der Waals surface area contributed by atoms with Crippen LogP contribution in [0.25, 0.3) is 0 Å². The van der Waals surface area contributed by atoms with E-state index in [9.17, 15) is 0 Å². The zero-order valence-corrected chi connectivity index (χ0v) is 14.2. The first-order chi connectivity index (χ1) is 10.2. The van der Waals surface area contributed by atoms with E-state index in [-0.39, 0.29) is 0 Å². The molecule has 1 saturated heterocycles. The topological polar surface area (TPSA) is 15.3 Å². The van der Waals surface area contributed by atoms with Crippen LogP contribution in [0.4, 0.5) is 0 Å². The van der Waals surface area contributed by atoms with Crippen LogP contribution in [-0.2, 0) is 13.0 Å². The van der Waals surface area contributed by atoms with Gasteiger partial charge in [0.05, 0.1) is 0 Å². The van der Waals surface area contributed by atoms with Gasteiger partial charge in [0.25, 0.3) is 0 Å². The van der Waals surface area contributed by atoms with Gasteiger partial charge in [0.1, 0.15) is 0 Å². The molecule has 0 radical (unpaired) electrons. The molecule has 2 nitrogen and oxygen atoms in total. The third-order valence-electron chi connectivity index (χ3n) is 4.85. The van der Waals surface area contributed by atoms with Gasteiger partial charge >= 0.3 is 0 Å². The lowest BCUT2D eigenvalue weighted by Crippen LogP contribution is -2.43. The maximum atomic E-state index is 3.59. The Morgan fingerprint density at radius 1 is 1.14 bits per heavy atom. The van der Waals surface area contributed by atoms with Crippen molar-refractivity contribution in [1.29, 1.82) is 0 Å². The fourth-order valence-corrected chi connectivity index (χ4v) is 4.13. The molecular weight excluding hydrogens is 276 g/mol. The van der Waals surface area contributed by atoms with Gasteiger partial charge in [-0.3, -0.25) is 4.90 Å². The molecule has 1 saturated carbocycles. The average molecular weight is 305 g/mol. The van der Waals surface area contributed by atoms with E-state index in [4.69, 9.17) is 0 Å². The lowest BCUT2D eigenvalue weighted by molar-refractivity contribution is 0.204. The largest absolute Gasteiger partial charge is 0.314 e. The zero-order chi connectivity index (χ0) is 14.7. The van der Waals surface area contributed by atoms with Gasteiger partial charge in [0.15, 0.2) is 0 Å². The second kappa shape index (κ2) is 7.17. The Bertz CT molecular complexity index is 441. The van der Waals surface area contributed by atoms with Crippen LogP contribution < -0.4 is 5.32 Å². The number of nitrogens with one attached hydrogen (secondary N) is 1. The molecule has 2 unspecified atom stereocenters. The Kier molecular flexibility index (Phi) is 5.25. The number of benzene rings is 1. The van der Waals surface area contributed by atoms with Gasteiger partial charge in [-0.2, -0.15) is 11.8 Å². The average Bonchev–Trinajstić information content (AvgIpc) is 3.30. The monoisotopic (exact) mass is 304 g/mol. The molecule has 3 heteroatoms. The number of hydrogen-bond acceptors (Lipinski definition) is 3. The molecule has 0 bridgehead atoms. The number of rotatable bonds is 6. The van der Waals surface area contributed by atoms with Crippen molar-refractivity contribution in [2.75, 3.05) is 18.8 Å². The van der Waals surface area contributed by atoms with Crippen LogP contribution >= 0.6 is 11.8 Å². The molecule has 0 spiro atoms. The summed E-state index contributed by atoms with van der Waals surface area (Å²) in [5, 5.41) is 4.34. The standard InChI is InChI=1S/C18H28N2S/c1-14-15(2)21-12-11-20(14)13-17-5-3-16(4-6-17)9-10-19-18-7-8-18/h3-6,14-15,18-19H,7-13H2,1-2H3. The third kappa shape index (κ3) is 4.48. The fourth-order valence-electron chi connectivity index (χ4n) is 2.97. The van der Waals surface area contributed by atoms with Gasteiger partial charge in [-0.15, -0.1) is 0 Å². The fraction of sp³-hybridized carbons (Fsp3) is 0.667. The van der Waals surface area contributed by atoms with Crippen molar-refractivity contribution in [3.8, 4) is 0 Å². The molecule has 2 atom stereocenters. The van der Waals surface area contributed by atoms with Crippen molar-refractivity contribution in [1.82, 2.24) is 10.2 Å². The summed E-state index contributed by atoms with van der Waals surface area (Å²) in [5.41, 5.74) is 2.92. The van der Waals surface area contributed by atoms with Crippen LogP contribution in [0.2, 0.25) is 0 Å². The number of nitrogens with zero attached hydrogens (tertiary/aromatic N) is 1. The molecular formula is C18H28N2S. The summed E-state index contributed by atoms with van der Waals surface area (Å²) in [7, 11) is 0. The van der Waals surface area contributed by atoms with Crippen molar-refractivity contribution in [3.05, 3.63) is 35.4 Å². The molecule has 1 aromatic rings. The summed E-state index contributed by atoms with van der Waals surface area (Å²) in [4.78, 5) is 2.63. The molecule has 116 valence electrons. The van der Waals surface area contributed by atoms with Crippen molar-refractivity contribution in [2.45, 2.75) is 57.0 Å². The molecule has 2 aliphatic rings. The molecule has 21 heavy (non-hydrogen) atoms. The number of hydrogen-bond donors (Lipinski definition) is 1. The second-order valence-electron chi connectivity index (χ2n) is 6.58. The lowest BCUT2D eigenvalue weighted by Gasteiger charge is -2.37. The van der Waals surface area contributed by atoms with Crippen LogP contribution in [0.5, 0.6) is 0 Å². The minimum Gasteiger partial charge on any atom is -0.314 e. The van der Waals surface area contributed by atoms with E-state index in [0.29, 0.717) is 6.04 Å². The number of thioether (sulfide) groups is 1. The highest BCUT2D eigenvalue weighted by molar-refractivity contribution is 8.00. The van der Waals surface area contributed by atoms with Crippen molar-refractivity contribution < 1.29 is 0 Å². The van der Waals surface area contributed by atoms with E-state index < -0.39 is 0 Å². The lowest BCUT2D eigenvalue weighted by atomic mass is 10.1. The predicted molar refractivity (Wildman–Crippen MR) is 93.0 cm³/mol. The molecule has 1 aliphatic carbocycles. The Hall–Kier alpha value is -0.510. The molecule has 1 aliphatic heterocycles. The zero-order valence-electron chi connectivity index (χ0n) is 13.3. The summed E-state index contributed by atoms with van der Waals surface area (Å²) in [6.45, 7) is 8.18. The third-order valence-corrected chi connectivity index (χ3v) is 6.19. The Morgan fingerprint density at radius 3 is 2.57 bits per heavy atom. The first-order valence-electron chi connectivity index (χ1n) is 8.39. The van der Waals surface area contributed by atoms with E-state index in [0.717, 1.165) is 30.8 Å². The van der Waals surface area contributed by atoms with Gasteiger partial charge < -0.3 is 5.32 Å². The van der Waals surface area contributed by atoms with E-state index in [2.05, 4.69) is 60.1 Å². The highest BCUT2D eigenvalue weighted by Crippen LogP contribution is 2.25. The van der Waals surface area contributed by atoms with Crippen LogP contribution in [0.3, 0.4) is 0 Å². The SMILES string of the molecule is CC1SCCN(Cc2ccc(CCNC3CC3)cc2)C1C. The maximum Gasteiger partial charge on any atom is 0.0237 e. The summed E-state index contributed by atoms with van der Waals surface area (Å²) in [6.07, 6.45) is 3.91. The first-order valence-corrected chi connectivity index (χ1v) is 9.44. The Labute approximate surface area is 133 Å². The molecule has 2 fully saturated rings. The van der Waals surface area contributed by atoms with Gasteiger partial charge in [-0.25, -0.2) is 0 Å². The second-order valence-corrected chi connectivity index (χ2v) is 8.07. The molecule has 0 amide bonds.